The number of nitrogens with zero attached hydrogens (tertiary/aromatic N) is 1. The Kier molecular flexibility index (Phi) is 9.68. The minimum atomic E-state index is -0.449. The minimum absolute atomic E-state index is 0.127. The maximum absolute atomic E-state index is 13.2. The lowest BCUT2D eigenvalue weighted by molar-refractivity contribution is -0.115. The Labute approximate surface area is 278 Å². The zero-order chi connectivity index (χ0) is 31.9. The lowest BCUT2D eigenvalue weighted by Crippen LogP contribution is -2.30. The first-order valence-corrected chi connectivity index (χ1v) is 17.1. The Hall–Kier alpha value is -5.03. The third kappa shape index (κ3) is 7.78. The van der Waals surface area contributed by atoms with Gasteiger partial charge >= 0.3 is 0 Å². The number of carbonyl (C=O) groups excluding carboxylic acids is 3. The van der Waals surface area contributed by atoms with Crippen molar-refractivity contribution >= 4 is 79.8 Å². The van der Waals surface area contributed by atoms with Crippen LogP contribution in [-0.4, -0.2) is 28.0 Å². The van der Waals surface area contributed by atoms with Crippen molar-refractivity contribution in [3.63, 3.8) is 0 Å². The summed E-state index contributed by atoms with van der Waals surface area (Å²) in [7, 11) is 0. The molecule has 0 bridgehead atoms. The van der Waals surface area contributed by atoms with Crippen molar-refractivity contribution in [3.8, 4) is 11.3 Å². The maximum atomic E-state index is 13.2. The number of thioether (sulfide) groups is 1. The van der Waals surface area contributed by atoms with E-state index in [0.29, 0.717) is 16.4 Å². The Morgan fingerprint density at radius 2 is 1.59 bits per heavy atom. The smallest absolute Gasteiger partial charge is 0.272 e. The van der Waals surface area contributed by atoms with E-state index in [1.54, 1.807) is 42.5 Å². The first-order chi connectivity index (χ1) is 22.4. The molecule has 0 aliphatic rings. The monoisotopic (exact) mass is 660 g/mol. The Balaban J connectivity index is 1.06. The van der Waals surface area contributed by atoms with Gasteiger partial charge in [-0.15, -0.1) is 23.1 Å². The molecule has 1 atom stereocenters. The molecule has 3 amide bonds. The number of anilines is 2. The molecule has 1 unspecified atom stereocenters. The maximum Gasteiger partial charge on any atom is 0.272 e. The van der Waals surface area contributed by atoms with Crippen LogP contribution in [0.2, 0.25) is 0 Å². The second kappa shape index (κ2) is 14.4. The molecule has 0 aliphatic heterocycles. The predicted molar refractivity (Wildman–Crippen MR) is 190 cm³/mol. The van der Waals surface area contributed by atoms with Crippen LogP contribution < -0.4 is 16.0 Å². The van der Waals surface area contributed by atoms with Crippen LogP contribution in [0.25, 0.3) is 28.1 Å². The predicted octanol–water partition coefficient (Wildman–Crippen LogP) is 8.55. The van der Waals surface area contributed by atoms with E-state index in [1.165, 1.54) is 39.8 Å². The van der Waals surface area contributed by atoms with E-state index < -0.39 is 5.91 Å². The number of rotatable bonds is 10. The fraction of sp³-hybridized carbons (Fsp3) is 0.0556. The van der Waals surface area contributed by atoms with E-state index in [0.717, 1.165) is 27.1 Å². The van der Waals surface area contributed by atoms with Crippen LogP contribution in [0, 0.1) is 0 Å². The van der Waals surface area contributed by atoms with E-state index in [4.69, 9.17) is 0 Å². The van der Waals surface area contributed by atoms with Gasteiger partial charge in [0.2, 0.25) is 5.91 Å². The highest BCUT2D eigenvalue weighted by atomic mass is 32.2. The summed E-state index contributed by atoms with van der Waals surface area (Å²) in [5, 5.41) is 16.7. The number of fused-ring (bicyclic) bond motifs is 1. The van der Waals surface area contributed by atoms with Crippen LogP contribution in [0.5, 0.6) is 0 Å². The largest absolute Gasteiger partial charge is 0.321 e. The molecule has 0 aliphatic carbocycles. The number of hydrogen-bond donors (Lipinski definition) is 3. The van der Waals surface area contributed by atoms with Crippen LogP contribution in [-0.2, 0) is 9.59 Å². The molecule has 0 saturated carbocycles. The van der Waals surface area contributed by atoms with Gasteiger partial charge in [0.1, 0.15) is 5.70 Å². The Morgan fingerprint density at radius 3 is 2.35 bits per heavy atom. The molecule has 6 rings (SSSR count). The van der Waals surface area contributed by atoms with Gasteiger partial charge in [0.25, 0.3) is 11.8 Å². The van der Waals surface area contributed by atoms with Crippen LogP contribution in [0.4, 0.5) is 10.8 Å². The van der Waals surface area contributed by atoms with Gasteiger partial charge in [0.15, 0.2) is 5.13 Å². The average molecular weight is 661 g/mol. The quantitative estimate of drug-likeness (QED) is 0.101. The molecule has 2 aromatic heterocycles. The van der Waals surface area contributed by atoms with Gasteiger partial charge < -0.3 is 16.0 Å². The SMILES string of the molecule is CC(Sc1ccc(NC(=O)/C(=C/c2ccsc2)NC(=O)c2ccccc2)cc1)C(=O)Nc1nc(-c2ccc3ccccc3c2)cs1. The summed E-state index contributed by atoms with van der Waals surface area (Å²) in [6.45, 7) is 1.84. The van der Waals surface area contributed by atoms with Crippen molar-refractivity contribution < 1.29 is 14.4 Å². The number of thiophene rings is 1. The van der Waals surface area contributed by atoms with E-state index >= 15 is 0 Å². The molecule has 228 valence electrons. The van der Waals surface area contributed by atoms with Gasteiger partial charge in [0.05, 0.1) is 10.9 Å². The first kappa shape index (κ1) is 31.0. The van der Waals surface area contributed by atoms with Gasteiger partial charge in [0, 0.05) is 27.1 Å². The zero-order valence-corrected chi connectivity index (χ0v) is 27.0. The highest BCUT2D eigenvalue weighted by molar-refractivity contribution is 8.00. The molecule has 0 spiro atoms. The molecule has 10 heteroatoms. The molecule has 0 saturated heterocycles. The third-order valence-corrected chi connectivity index (χ3v) is 9.53. The summed E-state index contributed by atoms with van der Waals surface area (Å²) in [6, 6.07) is 32.2. The fourth-order valence-electron chi connectivity index (χ4n) is 4.56. The summed E-state index contributed by atoms with van der Waals surface area (Å²) in [4.78, 5) is 44.5. The van der Waals surface area contributed by atoms with E-state index in [-0.39, 0.29) is 22.8 Å². The van der Waals surface area contributed by atoms with Crippen molar-refractivity contribution in [1.82, 2.24) is 10.3 Å². The molecule has 2 heterocycles. The fourth-order valence-corrected chi connectivity index (χ4v) is 6.77. The summed E-state index contributed by atoms with van der Waals surface area (Å²) in [5.74, 6) is -0.979. The number of nitrogens with one attached hydrogen (secondary N) is 3. The second-order valence-corrected chi connectivity index (χ2v) is 13.3. The van der Waals surface area contributed by atoms with Crippen molar-refractivity contribution in [2.75, 3.05) is 10.6 Å². The molecule has 0 fully saturated rings. The van der Waals surface area contributed by atoms with E-state index in [9.17, 15) is 14.4 Å². The van der Waals surface area contributed by atoms with Crippen molar-refractivity contribution in [3.05, 3.63) is 136 Å². The zero-order valence-electron chi connectivity index (χ0n) is 24.6. The average Bonchev–Trinajstić information content (AvgIpc) is 3.78. The topological polar surface area (TPSA) is 100 Å². The van der Waals surface area contributed by atoms with E-state index in [1.807, 2.05) is 65.5 Å². The lowest BCUT2D eigenvalue weighted by Gasteiger charge is -2.13. The number of thiazole rings is 1. The lowest BCUT2D eigenvalue weighted by atomic mass is 10.1. The van der Waals surface area contributed by atoms with Crippen molar-refractivity contribution in [2.45, 2.75) is 17.1 Å². The van der Waals surface area contributed by atoms with Gasteiger partial charge in [-0.2, -0.15) is 11.3 Å². The molecular weight excluding hydrogens is 633 g/mol. The third-order valence-electron chi connectivity index (χ3n) is 6.96. The number of benzene rings is 4. The molecule has 4 aromatic carbocycles. The standard InChI is InChI=1S/C36H28N4O3S3/c1-23(33(41)40-36-39-32(22-45-36)28-12-11-25-7-5-6-10-27(25)20-28)46-30-15-13-29(14-16-30)37-35(43)31(19-24-17-18-44-21-24)38-34(42)26-8-3-2-4-9-26/h2-23H,1H3,(H,37,43)(H,38,42)(H,39,40,41)/b31-19-. The van der Waals surface area contributed by atoms with E-state index in [2.05, 4.69) is 45.2 Å². The molecule has 0 radical (unpaired) electrons. The summed E-state index contributed by atoms with van der Waals surface area (Å²) in [5.41, 5.74) is 3.76. The second-order valence-electron chi connectivity index (χ2n) is 10.3. The summed E-state index contributed by atoms with van der Waals surface area (Å²) >= 11 is 4.29. The Morgan fingerprint density at radius 1 is 0.826 bits per heavy atom. The van der Waals surface area contributed by atoms with Gasteiger partial charge in [-0.1, -0.05) is 54.6 Å². The highest BCUT2D eigenvalue weighted by Crippen LogP contribution is 2.30. The van der Waals surface area contributed by atoms with Crippen LogP contribution in [0.3, 0.4) is 0 Å². The van der Waals surface area contributed by atoms with Crippen LogP contribution >= 0.6 is 34.4 Å². The van der Waals surface area contributed by atoms with Crippen LogP contribution in [0.15, 0.2) is 130 Å². The Bertz CT molecular complexity index is 2020. The normalized spacial score (nSPS) is 12.0. The number of aromatic nitrogens is 1. The highest BCUT2D eigenvalue weighted by Gasteiger charge is 2.18. The van der Waals surface area contributed by atoms with Gasteiger partial charge in [-0.25, -0.2) is 4.98 Å². The molecule has 7 nitrogen and oxygen atoms in total. The van der Waals surface area contributed by atoms with Crippen molar-refractivity contribution in [2.24, 2.45) is 0 Å². The van der Waals surface area contributed by atoms with Crippen molar-refractivity contribution in [1.29, 1.82) is 0 Å². The van der Waals surface area contributed by atoms with Gasteiger partial charge in [-0.3, -0.25) is 14.4 Å². The molecular formula is C36H28N4O3S3. The summed E-state index contributed by atoms with van der Waals surface area (Å²) in [6.07, 6.45) is 1.64. The first-order valence-electron chi connectivity index (χ1n) is 14.4. The van der Waals surface area contributed by atoms with Crippen LogP contribution in [0.1, 0.15) is 22.8 Å². The minimum Gasteiger partial charge on any atom is -0.321 e. The number of amides is 3. The molecule has 6 aromatic rings. The summed E-state index contributed by atoms with van der Waals surface area (Å²) < 4.78 is 0. The molecule has 46 heavy (non-hydrogen) atoms. The number of hydrogen-bond acceptors (Lipinski definition) is 7. The molecule has 3 N–H and O–H groups in total. The van der Waals surface area contributed by atoms with Gasteiger partial charge in [-0.05, 0) is 88.6 Å². The number of carbonyl (C=O) groups is 3.